The zero-order valence-electron chi connectivity index (χ0n) is 15.9. The first-order valence-corrected chi connectivity index (χ1v) is 12.2. The van der Waals surface area contributed by atoms with Gasteiger partial charge in [-0.2, -0.15) is 4.31 Å². The van der Waals surface area contributed by atoms with Crippen LogP contribution in [0.15, 0.2) is 23.1 Å². The summed E-state index contributed by atoms with van der Waals surface area (Å²) in [5.41, 5.74) is 0. The number of hydrogen-bond acceptors (Lipinski definition) is 4. The Morgan fingerprint density at radius 1 is 1.10 bits per heavy atom. The highest BCUT2D eigenvalue weighted by Gasteiger charge is 2.43. The second-order valence-corrected chi connectivity index (χ2v) is 10.8. The Hall–Kier alpha value is -1.06. The normalized spacial score (nSPS) is 30.4. The van der Waals surface area contributed by atoms with E-state index in [4.69, 9.17) is 23.2 Å². The number of carbonyl (C=O) groups excluding carboxylic acids is 1. The van der Waals surface area contributed by atoms with Crippen molar-refractivity contribution in [1.82, 2.24) is 14.5 Å². The van der Waals surface area contributed by atoms with Crippen LogP contribution in [0.3, 0.4) is 0 Å². The highest BCUT2D eigenvalue weighted by Crippen LogP contribution is 2.36. The Balaban J connectivity index is 1.46. The smallest absolute Gasteiger partial charge is 0.318 e. The molecule has 0 unspecified atom stereocenters. The van der Waals surface area contributed by atoms with Gasteiger partial charge in [0.2, 0.25) is 10.0 Å². The molecular formula is C19H25Cl2N3O4S. The maximum atomic E-state index is 13.1. The van der Waals surface area contributed by atoms with E-state index >= 15 is 0 Å². The van der Waals surface area contributed by atoms with Crippen LogP contribution in [0.5, 0.6) is 0 Å². The topological polar surface area (TPSA) is 90.0 Å². The number of benzene rings is 1. The third-order valence-corrected chi connectivity index (χ3v) is 8.99. The predicted octanol–water partition coefficient (Wildman–Crippen LogP) is 2.84. The van der Waals surface area contributed by atoms with E-state index < -0.39 is 10.0 Å². The Morgan fingerprint density at radius 2 is 1.72 bits per heavy atom. The molecule has 3 heterocycles. The molecule has 2 amide bonds. The van der Waals surface area contributed by atoms with Crippen molar-refractivity contribution in [2.75, 3.05) is 13.1 Å². The van der Waals surface area contributed by atoms with Crippen molar-refractivity contribution in [3.05, 3.63) is 28.2 Å². The molecular weight excluding hydrogens is 437 g/mol. The summed E-state index contributed by atoms with van der Waals surface area (Å²) in [5, 5.41) is 13.1. The molecule has 3 aliphatic heterocycles. The number of fused-ring (bicyclic) bond motifs is 2. The van der Waals surface area contributed by atoms with Crippen molar-refractivity contribution in [2.45, 2.75) is 67.6 Å². The summed E-state index contributed by atoms with van der Waals surface area (Å²) < 4.78 is 27.6. The summed E-state index contributed by atoms with van der Waals surface area (Å²) in [5.74, 6) is 0. The molecule has 1 aromatic carbocycles. The summed E-state index contributed by atoms with van der Waals surface area (Å²) in [6.45, 7) is 0.541. The number of nitrogens with one attached hydrogen (secondary N) is 1. The van der Waals surface area contributed by atoms with Crippen LogP contribution in [-0.4, -0.2) is 66.1 Å². The van der Waals surface area contributed by atoms with Crippen LogP contribution in [0.25, 0.3) is 0 Å². The zero-order chi connectivity index (χ0) is 20.8. The van der Waals surface area contributed by atoms with Gasteiger partial charge < -0.3 is 15.3 Å². The standard InChI is InChI=1S/C19H25Cl2N3O4S/c20-16-4-1-5-17(21)18(16)29(27,28)23-8-2-3-12(11-23)22-19(26)24-13-6-7-14(24)10-15(25)9-13/h1,4-5,12-15,25H,2-3,6-11H2,(H,22,26)/t12-,13-,14-/m0/s1. The van der Waals surface area contributed by atoms with Crippen LogP contribution in [-0.2, 0) is 10.0 Å². The average Bonchev–Trinajstić information content (AvgIpc) is 2.93. The fourth-order valence-corrected chi connectivity index (χ4v) is 7.48. The molecule has 0 aliphatic carbocycles. The van der Waals surface area contributed by atoms with Crippen LogP contribution < -0.4 is 5.32 Å². The van der Waals surface area contributed by atoms with E-state index in [1.807, 2.05) is 4.90 Å². The van der Waals surface area contributed by atoms with Crippen molar-refractivity contribution in [3.63, 3.8) is 0 Å². The Morgan fingerprint density at radius 3 is 2.34 bits per heavy atom. The third kappa shape index (κ3) is 4.10. The zero-order valence-corrected chi connectivity index (χ0v) is 18.3. The molecule has 4 rings (SSSR count). The first-order valence-electron chi connectivity index (χ1n) is 9.98. The molecule has 0 spiro atoms. The molecule has 3 atom stereocenters. The number of aliphatic hydroxyl groups excluding tert-OH is 1. The molecule has 2 N–H and O–H groups in total. The predicted molar refractivity (Wildman–Crippen MR) is 111 cm³/mol. The fraction of sp³-hybridized carbons (Fsp3) is 0.632. The van der Waals surface area contributed by atoms with Gasteiger partial charge >= 0.3 is 6.03 Å². The molecule has 3 aliphatic rings. The SMILES string of the molecule is O=C(N[C@H]1CCCN(S(=O)(=O)c2c(Cl)cccc2Cl)C1)N1[C@H]2CC[C@H]1CC(O)C2. The second kappa shape index (κ2) is 8.23. The number of hydrogen-bond donors (Lipinski definition) is 2. The highest BCUT2D eigenvalue weighted by molar-refractivity contribution is 7.89. The van der Waals surface area contributed by atoms with E-state index in [2.05, 4.69) is 5.32 Å². The number of amides is 2. The van der Waals surface area contributed by atoms with Gasteiger partial charge in [-0.15, -0.1) is 0 Å². The van der Waals surface area contributed by atoms with E-state index in [-0.39, 0.29) is 51.7 Å². The molecule has 1 aromatic rings. The second-order valence-electron chi connectivity index (χ2n) is 8.12. The summed E-state index contributed by atoms with van der Waals surface area (Å²) in [6, 6.07) is 4.30. The van der Waals surface area contributed by atoms with Crippen LogP contribution >= 0.6 is 23.2 Å². The first kappa shape index (κ1) is 21.2. The number of urea groups is 1. The van der Waals surface area contributed by atoms with Crippen molar-refractivity contribution >= 4 is 39.3 Å². The van der Waals surface area contributed by atoms with Crippen LogP contribution in [0.4, 0.5) is 4.79 Å². The number of piperidine rings is 2. The highest BCUT2D eigenvalue weighted by atomic mass is 35.5. The maximum absolute atomic E-state index is 13.1. The minimum absolute atomic E-state index is 0.0640. The minimum atomic E-state index is -3.86. The maximum Gasteiger partial charge on any atom is 0.318 e. The molecule has 10 heteroatoms. The molecule has 0 radical (unpaired) electrons. The average molecular weight is 462 g/mol. The van der Waals surface area contributed by atoms with Gasteiger partial charge in [-0.1, -0.05) is 29.3 Å². The van der Waals surface area contributed by atoms with Gasteiger partial charge in [0, 0.05) is 31.2 Å². The number of halogens is 2. The molecule has 160 valence electrons. The van der Waals surface area contributed by atoms with Gasteiger partial charge in [-0.3, -0.25) is 0 Å². The van der Waals surface area contributed by atoms with Gasteiger partial charge in [0.25, 0.3) is 0 Å². The summed E-state index contributed by atoms with van der Waals surface area (Å²) in [4.78, 5) is 14.7. The van der Waals surface area contributed by atoms with Crippen LogP contribution in [0.1, 0.15) is 38.5 Å². The molecule has 0 aromatic heterocycles. The molecule has 3 fully saturated rings. The van der Waals surface area contributed by atoms with E-state index in [9.17, 15) is 18.3 Å². The Bertz CT molecular complexity index is 863. The number of nitrogens with zero attached hydrogens (tertiary/aromatic N) is 2. The molecule has 2 bridgehead atoms. The molecule has 3 saturated heterocycles. The van der Waals surface area contributed by atoms with Gasteiger partial charge in [-0.05, 0) is 50.7 Å². The van der Waals surface area contributed by atoms with E-state index in [1.165, 1.54) is 16.4 Å². The van der Waals surface area contributed by atoms with E-state index in [0.717, 1.165) is 12.8 Å². The number of carbonyl (C=O) groups is 1. The largest absolute Gasteiger partial charge is 0.393 e. The first-order chi connectivity index (χ1) is 13.8. The molecule has 7 nitrogen and oxygen atoms in total. The molecule has 0 saturated carbocycles. The van der Waals surface area contributed by atoms with Crippen molar-refractivity contribution in [2.24, 2.45) is 0 Å². The van der Waals surface area contributed by atoms with Crippen LogP contribution in [0.2, 0.25) is 10.0 Å². The van der Waals surface area contributed by atoms with Gasteiger partial charge in [-0.25, -0.2) is 13.2 Å². The summed E-state index contributed by atoms with van der Waals surface area (Å²) >= 11 is 12.2. The lowest BCUT2D eigenvalue weighted by Crippen LogP contribution is -2.57. The number of sulfonamides is 1. The number of aliphatic hydroxyl groups is 1. The Labute approximate surface area is 181 Å². The van der Waals surface area contributed by atoms with Crippen molar-refractivity contribution in [1.29, 1.82) is 0 Å². The Kier molecular flexibility index (Phi) is 6.01. The van der Waals surface area contributed by atoms with Gasteiger partial charge in [0.05, 0.1) is 16.1 Å². The van der Waals surface area contributed by atoms with Gasteiger partial charge in [0.1, 0.15) is 4.90 Å². The van der Waals surface area contributed by atoms with Crippen LogP contribution in [0, 0.1) is 0 Å². The third-order valence-electron chi connectivity index (χ3n) is 6.17. The molecule has 29 heavy (non-hydrogen) atoms. The van der Waals surface area contributed by atoms with Crippen molar-refractivity contribution in [3.8, 4) is 0 Å². The summed E-state index contributed by atoms with van der Waals surface area (Å²) in [6.07, 6.45) is 4.04. The van der Waals surface area contributed by atoms with E-state index in [0.29, 0.717) is 32.2 Å². The lowest BCUT2D eigenvalue weighted by molar-refractivity contribution is 0.0528. The van der Waals surface area contributed by atoms with Gasteiger partial charge in [0.15, 0.2) is 0 Å². The lowest BCUT2D eigenvalue weighted by Gasteiger charge is -2.39. The monoisotopic (exact) mass is 461 g/mol. The van der Waals surface area contributed by atoms with E-state index in [1.54, 1.807) is 6.07 Å². The quantitative estimate of drug-likeness (QED) is 0.723. The fourth-order valence-electron chi connectivity index (χ4n) is 4.87. The summed E-state index contributed by atoms with van der Waals surface area (Å²) in [7, 11) is -3.86. The number of rotatable bonds is 3. The van der Waals surface area contributed by atoms with Crippen molar-refractivity contribution < 1.29 is 18.3 Å². The minimum Gasteiger partial charge on any atom is -0.393 e. The lowest BCUT2D eigenvalue weighted by atomic mass is 10.0.